The average Bonchev–Trinajstić information content (AvgIpc) is 3.28. The highest BCUT2D eigenvalue weighted by Gasteiger charge is 2.19. The van der Waals surface area contributed by atoms with Gasteiger partial charge in [0.1, 0.15) is 13.2 Å². The predicted octanol–water partition coefficient (Wildman–Crippen LogP) is 17.0. The van der Waals surface area contributed by atoms with Crippen LogP contribution in [-0.4, -0.2) is 37.2 Å². The Morgan fingerprint density at radius 1 is 0.333 bits per heavy atom. The molecule has 0 radical (unpaired) electrons. The van der Waals surface area contributed by atoms with E-state index in [9.17, 15) is 14.4 Å². The van der Waals surface area contributed by atoms with Gasteiger partial charge in [0, 0.05) is 19.3 Å². The van der Waals surface area contributed by atoms with E-state index in [0.29, 0.717) is 19.3 Å². The fourth-order valence-corrected chi connectivity index (χ4v) is 6.65. The third-order valence-corrected chi connectivity index (χ3v) is 10.5. The van der Waals surface area contributed by atoms with Crippen LogP contribution >= 0.6 is 0 Å². The summed E-state index contributed by atoms with van der Waals surface area (Å²) < 4.78 is 16.7. The molecule has 6 nitrogen and oxygen atoms in total. The van der Waals surface area contributed by atoms with Crippen LogP contribution in [0.2, 0.25) is 0 Å². The first kappa shape index (κ1) is 59.3. The Hall–Kier alpha value is -3.67. The molecule has 0 rings (SSSR count). The monoisotopic (exact) mass is 875 g/mol. The molecule has 0 heterocycles. The number of hydrogen-bond donors (Lipinski definition) is 0. The summed E-state index contributed by atoms with van der Waals surface area (Å²) in [6.07, 6.45) is 66.8. The molecule has 0 aromatic rings. The van der Waals surface area contributed by atoms with Crippen LogP contribution in [-0.2, 0) is 28.6 Å². The Balaban J connectivity index is 4.45. The van der Waals surface area contributed by atoms with Crippen molar-refractivity contribution < 1.29 is 28.6 Å². The molecule has 0 saturated carbocycles. The number of hydrogen-bond acceptors (Lipinski definition) is 6. The van der Waals surface area contributed by atoms with Crippen LogP contribution in [0, 0.1) is 0 Å². The SMILES string of the molecule is CC/C=C\C/C=C\C/C=C\C/C=C\C/C=C\C/C=C\CCCCC(=O)OCC(COC(=O)CCCCCCC/C=C\CCCC)OC(=O)CCCCCCC/C=C\CCCCCC. The van der Waals surface area contributed by atoms with E-state index < -0.39 is 6.10 Å². The molecule has 1 atom stereocenters. The molecule has 0 aromatic heterocycles. The molecule has 0 fully saturated rings. The Labute approximate surface area is 387 Å². The van der Waals surface area contributed by atoms with E-state index in [4.69, 9.17) is 14.2 Å². The number of esters is 3. The van der Waals surface area contributed by atoms with Crippen molar-refractivity contribution in [3.05, 3.63) is 97.2 Å². The van der Waals surface area contributed by atoms with Crippen LogP contribution in [0.15, 0.2) is 97.2 Å². The summed E-state index contributed by atoms with van der Waals surface area (Å²) in [6.45, 7) is 6.40. The van der Waals surface area contributed by atoms with E-state index in [-0.39, 0.29) is 31.1 Å². The molecule has 0 spiro atoms. The summed E-state index contributed by atoms with van der Waals surface area (Å²) >= 11 is 0. The smallest absolute Gasteiger partial charge is 0.306 e. The lowest BCUT2D eigenvalue weighted by Crippen LogP contribution is -2.30. The zero-order valence-electron chi connectivity index (χ0n) is 40.8. The van der Waals surface area contributed by atoms with E-state index in [0.717, 1.165) is 122 Å². The van der Waals surface area contributed by atoms with Crippen LogP contribution in [0.3, 0.4) is 0 Å². The van der Waals surface area contributed by atoms with Crippen LogP contribution in [0.4, 0.5) is 0 Å². The first-order valence-corrected chi connectivity index (χ1v) is 25.7. The summed E-state index contributed by atoms with van der Waals surface area (Å²) in [4.78, 5) is 37.9. The molecule has 0 N–H and O–H groups in total. The summed E-state index contributed by atoms with van der Waals surface area (Å²) in [5.41, 5.74) is 0. The van der Waals surface area contributed by atoms with Crippen molar-refractivity contribution in [2.24, 2.45) is 0 Å². The molecule has 1 unspecified atom stereocenters. The predicted molar refractivity (Wildman–Crippen MR) is 270 cm³/mol. The molecule has 6 heteroatoms. The quantitative estimate of drug-likeness (QED) is 0.0262. The lowest BCUT2D eigenvalue weighted by Gasteiger charge is -2.18. The molecule has 0 saturated heterocycles. The van der Waals surface area contributed by atoms with Crippen molar-refractivity contribution in [1.82, 2.24) is 0 Å². The Kier molecular flexibility index (Phi) is 48.0. The minimum atomic E-state index is -0.802. The van der Waals surface area contributed by atoms with E-state index in [1.54, 1.807) is 0 Å². The maximum atomic E-state index is 12.8. The Bertz CT molecular complexity index is 1280. The van der Waals surface area contributed by atoms with Gasteiger partial charge in [0.25, 0.3) is 0 Å². The fraction of sp³-hybridized carbons (Fsp3) is 0.667. The molecule has 358 valence electrons. The van der Waals surface area contributed by atoms with Crippen LogP contribution < -0.4 is 0 Å². The molecule has 0 amide bonds. The highest BCUT2D eigenvalue weighted by atomic mass is 16.6. The lowest BCUT2D eigenvalue weighted by molar-refractivity contribution is -0.167. The Morgan fingerprint density at radius 3 is 1.06 bits per heavy atom. The van der Waals surface area contributed by atoms with E-state index >= 15 is 0 Å². The van der Waals surface area contributed by atoms with Gasteiger partial charge in [-0.25, -0.2) is 0 Å². The second kappa shape index (κ2) is 51.0. The van der Waals surface area contributed by atoms with E-state index in [1.807, 2.05) is 0 Å². The summed E-state index contributed by atoms with van der Waals surface area (Å²) in [5.74, 6) is -0.968. The van der Waals surface area contributed by atoms with E-state index in [2.05, 4.69) is 118 Å². The van der Waals surface area contributed by atoms with Crippen molar-refractivity contribution in [2.75, 3.05) is 13.2 Å². The molecular weight excluding hydrogens is 781 g/mol. The second-order valence-corrected chi connectivity index (χ2v) is 16.7. The summed E-state index contributed by atoms with van der Waals surface area (Å²) in [7, 11) is 0. The lowest BCUT2D eigenvalue weighted by atomic mass is 10.1. The highest BCUT2D eigenvalue weighted by Crippen LogP contribution is 2.13. The van der Waals surface area contributed by atoms with Crippen LogP contribution in [0.25, 0.3) is 0 Å². The Morgan fingerprint density at radius 2 is 0.635 bits per heavy atom. The van der Waals surface area contributed by atoms with Gasteiger partial charge < -0.3 is 14.2 Å². The first-order chi connectivity index (χ1) is 31.0. The third kappa shape index (κ3) is 49.2. The van der Waals surface area contributed by atoms with Gasteiger partial charge in [-0.3, -0.25) is 14.4 Å². The third-order valence-electron chi connectivity index (χ3n) is 10.5. The molecule has 0 aromatic carbocycles. The summed E-state index contributed by atoms with van der Waals surface area (Å²) in [5, 5.41) is 0. The normalized spacial score (nSPS) is 12.9. The van der Waals surface area contributed by atoms with Crippen molar-refractivity contribution in [3.63, 3.8) is 0 Å². The maximum absolute atomic E-state index is 12.8. The largest absolute Gasteiger partial charge is 0.462 e. The molecule has 0 aliphatic rings. The fourth-order valence-electron chi connectivity index (χ4n) is 6.65. The van der Waals surface area contributed by atoms with Gasteiger partial charge in [0.15, 0.2) is 6.10 Å². The first-order valence-electron chi connectivity index (χ1n) is 25.7. The number of unbranched alkanes of at least 4 members (excludes halogenated alkanes) is 18. The summed E-state index contributed by atoms with van der Waals surface area (Å²) in [6, 6.07) is 0. The van der Waals surface area contributed by atoms with Gasteiger partial charge in [-0.1, -0.05) is 189 Å². The van der Waals surface area contributed by atoms with Gasteiger partial charge in [-0.05, 0) is 116 Å². The van der Waals surface area contributed by atoms with Gasteiger partial charge >= 0.3 is 17.9 Å². The zero-order chi connectivity index (χ0) is 45.8. The molecule has 63 heavy (non-hydrogen) atoms. The molecule has 0 bridgehead atoms. The van der Waals surface area contributed by atoms with Gasteiger partial charge in [-0.2, -0.15) is 0 Å². The second-order valence-electron chi connectivity index (χ2n) is 16.7. The maximum Gasteiger partial charge on any atom is 0.306 e. The topological polar surface area (TPSA) is 78.9 Å². The van der Waals surface area contributed by atoms with Gasteiger partial charge in [0.2, 0.25) is 0 Å². The number of carbonyl (C=O) groups excluding carboxylic acids is 3. The number of carbonyl (C=O) groups is 3. The number of allylic oxidation sites excluding steroid dienone is 16. The average molecular weight is 875 g/mol. The standard InChI is InChI=1S/C57H94O6/c1-4-7-10-13-16-19-22-24-25-26-27-28-29-30-31-33-35-38-41-44-47-50-56(59)62-53-54(52-61-55(58)49-46-43-40-37-34-21-18-15-12-9-6-3)63-57(60)51-48-45-42-39-36-32-23-20-17-14-11-8-5-2/h7,10,15-16,18-20,23-25,27-28,30-31,35,38,54H,4-6,8-9,11-14,17,21-22,26,29,32-34,36-37,39-53H2,1-3H3/b10-7-,18-15-,19-16-,23-20-,25-24-,28-27-,31-30-,38-35-. The minimum absolute atomic E-state index is 0.100. The van der Waals surface area contributed by atoms with Gasteiger partial charge in [0.05, 0.1) is 0 Å². The molecule has 0 aliphatic heterocycles. The number of ether oxygens (including phenoxy) is 3. The molecule has 0 aliphatic carbocycles. The highest BCUT2D eigenvalue weighted by molar-refractivity contribution is 5.71. The van der Waals surface area contributed by atoms with Crippen molar-refractivity contribution in [2.45, 2.75) is 232 Å². The minimum Gasteiger partial charge on any atom is -0.462 e. The molecular formula is C57H94O6. The van der Waals surface area contributed by atoms with Gasteiger partial charge in [-0.15, -0.1) is 0 Å². The van der Waals surface area contributed by atoms with Crippen molar-refractivity contribution >= 4 is 17.9 Å². The number of rotatable bonds is 45. The zero-order valence-corrected chi connectivity index (χ0v) is 40.8. The van der Waals surface area contributed by atoms with Crippen molar-refractivity contribution in [3.8, 4) is 0 Å². The van der Waals surface area contributed by atoms with Crippen LogP contribution in [0.5, 0.6) is 0 Å². The van der Waals surface area contributed by atoms with E-state index in [1.165, 1.54) is 64.2 Å². The van der Waals surface area contributed by atoms with Crippen LogP contribution in [0.1, 0.15) is 226 Å². The van der Waals surface area contributed by atoms with Crippen molar-refractivity contribution in [1.29, 1.82) is 0 Å².